The van der Waals surface area contributed by atoms with Gasteiger partial charge in [-0.15, -0.1) is 11.3 Å². The maximum absolute atomic E-state index is 12.8. The number of ether oxygens (including phenoxy) is 2. The summed E-state index contributed by atoms with van der Waals surface area (Å²) in [6.07, 6.45) is 1.17. The van der Waals surface area contributed by atoms with Crippen LogP contribution < -0.4 is 20.9 Å². The Bertz CT molecular complexity index is 1450. The second kappa shape index (κ2) is 14.6. The van der Waals surface area contributed by atoms with Crippen LogP contribution in [0.25, 0.3) is 10.6 Å². The molecule has 0 saturated carbocycles. The Balaban J connectivity index is 1.33. The van der Waals surface area contributed by atoms with Crippen molar-refractivity contribution in [3.8, 4) is 16.3 Å². The van der Waals surface area contributed by atoms with Crippen LogP contribution in [0.2, 0.25) is 0 Å². The Morgan fingerprint density at radius 3 is 2.41 bits per heavy atom. The SMILES string of the molecule is CC(C)C[C@H](NC(=O)OCc1ccccn1)C(=O)NNC(=O)c1csc(-c2ccccc2OCc2ccccc2)n1. The van der Waals surface area contributed by atoms with Gasteiger partial charge in [0, 0.05) is 11.6 Å². The van der Waals surface area contributed by atoms with E-state index in [4.69, 9.17) is 9.47 Å². The van der Waals surface area contributed by atoms with Crippen molar-refractivity contribution >= 4 is 29.2 Å². The Morgan fingerprint density at radius 2 is 1.66 bits per heavy atom. The van der Waals surface area contributed by atoms with Gasteiger partial charge in [0.2, 0.25) is 0 Å². The first-order valence-electron chi connectivity index (χ1n) is 13.0. The molecular weight excluding hydrogens is 542 g/mol. The molecule has 4 aromatic rings. The van der Waals surface area contributed by atoms with Crippen molar-refractivity contribution in [1.29, 1.82) is 0 Å². The molecule has 0 aliphatic carbocycles. The maximum Gasteiger partial charge on any atom is 0.408 e. The van der Waals surface area contributed by atoms with Crippen LogP contribution in [0.4, 0.5) is 4.79 Å². The molecule has 2 aromatic carbocycles. The first-order valence-corrected chi connectivity index (χ1v) is 13.9. The van der Waals surface area contributed by atoms with Crippen molar-refractivity contribution in [2.75, 3.05) is 0 Å². The number of carbonyl (C=O) groups excluding carboxylic acids is 3. The van der Waals surface area contributed by atoms with Crippen LogP contribution in [0.5, 0.6) is 5.75 Å². The zero-order chi connectivity index (χ0) is 29.0. The summed E-state index contributed by atoms with van der Waals surface area (Å²) in [7, 11) is 0. The molecule has 4 rings (SSSR count). The van der Waals surface area contributed by atoms with E-state index in [-0.39, 0.29) is 18.2 Å². The van der Waals surface area contributed by atoms with Crippen LogP contribution in [0.3, 0.4) is 0 Å². The van der Waals surface area contributed by atoms with Gasteiger partial charge in [-0.1, -0.05) is 62.4 Å². The van der Waals surface area contributed by atoms with Crippen LogP contribution in [0.15, 0.2) is 84.4 Å². The number of para-hydroxylation sites is 1. The second-order valence-electron chi connectivity index (χ2n) is 9.48. The minimum atomic E-state index is -0.925. The molecule has 41 heavy (non-hydrogen) atoms. The molecule has 3 N–H and O–H groups in total. The summed E-state index contributed by atoms with van der Waals surface area (Å²) in [5.74, 6) is -0.451. The average molecular weight is 574 g/mol. The molecule has 10 nitrogen and oxygen atoms in total. The number of pyridine rings is 1. The lowest BCUT2D eigenvalue weighted by atomic mass is 10.0. The number of rotatable bonds is 11. The number of nitrogens with one attached hydrogen (secondary N) is 3. The number of alkyl carbamates (subject to hydrolysis) is 1. The van der Waals surface area contributed by atoms with E-state index in [1.54, 1.807) is 29.8 Å². The first-order chi connectivity index (χ1) is 19.9. The van der Waals surface area contributed by atoms with E-state index in [2.05, 4.69) is 26.1 Å². The third kappa shape index (κ3) is 8.87. The van der Waals surface area contributed by atoms with Crippen molar-refractivity contribution in [1.82, 2.24) is 26.1 Å². The molecule has 2 heterocycles. The average Bonchev–Trinajstić information content (AvgIpc) is 3.49. The highest BCUT2D eigenvalue weighted by molar-refractivity contribution is 7.13. The fraction of sp³-hybridized carbons (Fsp3) is 0.233. The van der Waals surface area contributed by atoms with E-state index in [1.165, 1.54) is 11.3 Å². The van der Waals surface area contributed by atoms with Crippen molar-refractivity contribution < 1.29 is 23.9 Å². The lowest BCUT2D eigenvalue weighted by Gasteiger charge is -2.20. The highest BCUT2D eigenvalue weighted by atomic mass is 32.1. The largest absolute Gasteiger partial charge is 0.488 e. The summed E-state index contributed by atoms with van der Waals surface area (Å²) in [5, 5.41) is 4.76. The predicted molar refractivity (Wildman–Crippen MR) is 155 cm³/mol. The van der Waals surface area contributed by atoms with E-state index >= 15 is 0 Å². The Morgan fingerprint density at radius 1 is 0.902 bits per heavy atom. The van der Waals surface area contributed by atoms with Crippen molar-refractivity contribution in [2.24, 2.45) is 5.92 Å². The molecule has 0 spiro atoms. The molecule has 2 aromatic heterocycles. The molecule has 0 unspecified atom stereocenters. The molecule has 0 saturated heterocycles. The quantitative estimate of drug-likeness (QED) is 0.218. The summed E-state index contributed by atoms with van der Waals surface area (Å²) in [5.41, 5.74) is 7.26. The molecule has 212 valence electrons. The lowest BCUT2D eigenvalue weighted by Crippen LogP contribution is -2.52. The molecule has 0 aliphatic heterocycles. The first kappa shape index (κ1) is 29.2. The van der Waals surface area contributed by atoms with Gasteiger partial charge in [-0.2, -0.15) is 0 Å². The van der Waals surface area contributed by atoms with Crippen LogP contribution in [0, 0.1) is 5.92 Å². The number of hydrogen-bond donors (Lipinski definition) is 3. The molecule has 1 atom stereocenters. The molecule has 3 amide bonds. The summed E-state index contributed by atoms with van der Waals surface area (Å²) in [6, 6.07) is 21.6. The minimum absolute atomic E-state index is 0.0357. The van der Waals surface area contributed by atoms with Crippen molar-refractivity contribution in [3.63, 3.8) is 0 Å². The highest BCUT2D eigenvalue weighted by Gasteiger charge is 2.24. The van der Waals surface area contributed by atoms with E-state index in [0.717, 1.165) is 11.1 Å². The highest BCUT2D eigenvalue weighted by Crippen LogP contribution is 2.32. The third-order valence-corrected chi connectivity index (χ3v) is 6.66. The molecular formula is C30H31N5O5S. The van der Waals surface area contributed by atoms with E-state index in [1.807, 2.05) is 68.4 Å². The Labute approximate surface area is 242 Å². The topological polar surface area (TPSA) is 132 Å². The number of nitrogens with zero attached hydrogens (tertiary/aromatic N) is 2. The predicted octanol–water partition coefficient (Wildman–Crippen LogP) is 4.89. The monoisotopic (exact) mass is 573 g/mol. The molecule has 0 aliphatic rings. The van der Waals surface area contributed by atoms with Crippen LogP contribution in [-0.2, 0) is 22.7 Å². The van der Waals surface area contributed by atoms with E-state index in [0.29, 0.717) is 29.5 Å². The van der Waals surface area contributed by atoms with Gasteiger partial charge >= 0.3 is 6.09 Å². The normalized spacial score (nSPS) is 11.4. The zero-order valence-corrected chi connectivity index (χ0v) is 23.5. The van der Waals surface area contributed by atoms with Gasteiger partial charge in [0.15, 0.2) is 0 Å². The van der Waals surface area contributed by atoms with Gasteiger partial charge in [0.05, 0.1) is 11.3 Å². The van der Waals surface area contributed by atoms with Gasteiger partial charge in [-0.05, 0) is 42.2 Å². The van der Waals surface area contributed by atoms with Gasteiger partial charge in [-0.3, -0.25) is 25.4 Å². The lowest BCUT2D eigenvalue weighted by molar-refractivity contribution is -0.124. The maximum atomic E-state index is 12.8. The number of hydrogen-bond acceptors (Lipinski definition) is 8. The number of benzene rings is 2. The summed E-state index contributed by atoms with van der Waals surface area (Å²) >= 11 is 1.28. The third-order valence-electron chi connectivity index (χ3n) is 5.78. The fourth-order valence-corrected chi connectivity index (χ4v) is 4.62. The standard InChI is InChI=1S/C30H31N5O5S/c1-20(2)16-24(33-30(38)40-18-22-12-8-9-15-31-22)27(36)34-35-28(37)25-19-41-29(32-25)23-13-6-7-14-26(23)39-17-21-10-4-3-5-11-21/h3-15,19-20,24H,16-18H2,1-2H3,(H,33,38)(H,34,36)(H,35,37)/t24-/m0/s1. The van der Waals surface area contributed by atoms with E-state index < -0.39 is 23.9 Å². The summed E-state index contributed by atoms with van der Waals surface area (Å²) in [4.78, 5) is 46.5. The molecule has 0 radical (unpaired) electrons. The number of aromatic nitrogens is 2. The van der Waals surface area contributed by atoms with Crippen molar-refractivity contribution in [3.05, 3.63) is 101 Å². The molecule has 11 heteroatoms. The Hall–Kier alpha value is -4.77. The van der Waals surface area contributed by atoms with Gasteiger partial charge in [0.1, 0.15) is 35.7 Å². The van der Waals surface area contributed by atoms with E-state index in [9.17, 15) is 14.4 Å². The molecule has 0 fully saturated rings. The smallest absolute Gasteiger partial charge is 0.408 e. The minimum Gasteiger partial charge on any atom is -0.488 e. The zero-order valence-electron chi connectivity index (χ0n) is 22.7. The molecule has 0 bridgehead atoms. The number of hydrazine groups is 1. The van der Waals surface area contributed by atoms with Crippen molar-refractivity contribution in [2.45, 2.75) is 39.5 Å². The number of carbonyl (C=O) groups is 3. The summed E-state index contributed by atoms with van der Waals surface area (Å²) < 4.78 is 11.2. The fourth-order valence-electron chi connectivity index (χ4n) is 3.79. The number of thiazole rings is 1. The van der Waals surface area contributed by atoms with Crippen LogP contribution in [-0.4, -0.2) is 33.9 Å². The second-order valence-corrected chi connectivity index (χ2v) is 10.3. The van der Waals surface area contributed by atoms with Gasteiger partial charge in [-0.25, -0.2) is 9.78 Å². The van der Waals surface area contributed by atoms with Crippen LogP contribution in [0.1, 0.15) is 42.0 Å². The van der Waals surface area contributed by atoms with Gasteiger partial charge < -0.3 is 14.8 Å². The summed E-state index contributed by atoms with van der Waals surface area (Å²) in [6.45, 7) is 4.19. The van der Waals surface area contributed by atoms with Gasteiger partial charge in [0.25, 0.3) is 11.8 Å². The van der Waals surface area contributed by atoms with Crippen LogP contribution >= 0.6 is 11.3 Å². The number of amides is 3. The Kier molecular flexibility index (Phi) is 10.4.